The Kier molecular flexibility index (Phi) is 3.57. The number of benzene rings is 3. The predicted octanol–water partition coefficient (Wildman–Crippen LogP) is 5.57. The molecular weight excluding hydrogens is 396 g/mol. The number of nitrogens with zero attached hydrogens (tertiary/aromatic N) is 2. The lowest BCUT2D eigenvalue weighted by molar-refractivity contribution is 0.0990. The van der Waals surface area contributed by atoms with E-state index in [1.54, 1.807) is 18.2 Å². The van der Waals surface area contributed by atoms with Gasteiger partial charge in [0.2, 0.25) is 5.89 Å². The molecular formula is C24H12N2O3S. The number of hydrogen-bond acceptors (Lipinski definition) is 6. The quantitative estimate of drug-likeness (QED) is 0.282. The van der Waals surface area contributed by atoms with Crippen LogP contribution in [0.3, 0.4) is 0 Å². The second-order valence-corrected chi connectivity index (χ2v) is 8.02. The summed E-state index contributed by atoms with van der Waals surface area (Å²) < 4.78 is 5.76. The van der Waals surface area contributed by atoms with E-state index in [4.69, 9.17) is 4.42 Å². The van der Waals surface area contributed by atoms with E-state index >= 15 is 0 Å². The summed E-state index contributed by atoms with van der Waals surface area (Å²) in [7, 11) is 0. The van der Waals surface area contributed by atoms with Crippen molar-refractivity contribution in [3.05, 3.63) is 88.4 Å². The summed E-state index contributed by atoms with van der Waals surface area (Å²) in [5.41, 5.74) is 2.27. The highest BCUT2D eigenvalue weighted by Crippen LogP contribution is 2.33. The maximum atomic E-state index is 12.9. The van der Waals surface area contributed by atoms with Crippen molar-refractivity contribution in [1.82, 2.24) is 9.97 Å². The van der Waals surface area contributed by atoms with Crippen molar-refractivity contribution in [1.29, 1.82) is 0 Å². The fourth-order valence-corrected chi connectivity index (χ4v) is 4.49. The van der Waals surface area contributed by atoms with Crippen LogP contribution < -0.4 is 0 Å². The highest BCUT2D eigenvalue weighted by molar-refractivity contribution is 7.18. The molecule has 0 N–H and O–H groups in total. The Morgan fingerprint density at radius 1 is 0.800 bits per heavy atom. The zero-order valence-corrected chi connectivity index (χ0v) is 16.3. The lowest BCUT2D eigenvalue weighted by Gasteiger charge is -2.00. The molecule has 3 aromatic carbocycles. The molecule has 0 amide bonds. The van der Waals surface area contributed by atoms with Crippen molar-refractivity contribution in [2.75, 3.05) is 0 Å². The van der Waals surface area contributed by atoms with E-state index in [-0.39, 0.29) is 17.1 Å². The number of Topliss-reactive ketones (excluding diaryl/α,β-unsaturated/α-hetero) is 2. The van der Waals surface area contributed by atoms with Gasteiger partial charge in [-0.25, -0.2) is 0 Å². The number of oxazole rings is 1. The molecule has 0 radical (unpaired) electrons. The van der Waals surface area contributed by atoms with E-state index < -0.39 is 0 Å². The van der Waals surface area contributed by atoms with Gasteiger partial charge in [0.15, 0.2) is 16.4 Å². The van der Waals surface area contributed by atoms with Gasteiger partial charge in [-0.2, -0.15) is 9.97 Å². The first-order valence-electron chi connectivity index (χ1n) is 9.34. The van der Waals surface area contributed by atoms with Gasteiger partial charge >= 0.3 is 0 Å². The summed E-state index contributed by atoms with van der Waals surface area (Å²) in [6.45, 7) is 0. The molecule has 0 aliphatic heterocycles. The third-order valence-corrected chi connectivity index (χ3v) is 6.02. The van der Waals surface area contributed by atoms with E-state index in [9.17, 15) is 9.59 Å². The van der Waals surface area contributed by atoms with Crippen LogP contribution >= 0.6 is 11.3 Å². The van der Waals surface area contributed by atoms with E-state index in [0.29, 0.717) is 32.6 Å². The van der Waals surface area contributed by atoms with Gasteiger partial charge < -0.3 is 4.42 Å². The molecule has 6 rings (SSSR count). The molecule has 2 aromatic heterocycles. The number of allylic oxidation sites excluding steroid dienone is 1. The highest BCUT2D eigenvalue weighted by atomic mass is 32.1. The molecule has 30 heavy (non-hydrogen) atoms. The Hall–Kier alpha value is -3.90. The number of aromatic nitrogens is 2. The Bertz CT molecular complexity index is 1440. The number of ketones is 2. The molecule has 5 nitrogen and oxygen atoms in total. The average Bonchev–Trinajstić information content (AvgIpc) is 3.41. The zero-order chi connectivity index (χ0) is 20.2. The second-order valence-electron chi connectivity index (χ2n) is 7.01. The van der Waals surface area contributed by atoms with Gasteiger partial charge in [0.1, 0.15) is 5.01 Å². The fraction of sp³-hybridized carbons (Fsp3) is 0. The van der Waals surface area contributed by atoms with Gasteiger partial charge in [-0.3, -0.25) is 9.59 Å². The van der Waals surface area contributed by atoms with E-state index in [1.165, 1.54) is 11.3 Å². The monoisotopic (exact) mass is 408 g/mol. The maximum Gasteiger partial charge on any atom is 0.259 e. The Balaban J connectivity index is 1.39. The molecule has 1 aliphatic rings. The molecule has 0 fully saturated rings. The zero-order valence-electron chi connectivity index (χ0n) is 15.5. The lowest BCUT2D eigenvalue weighted by atomic mass is 10.0. The van der Waals surface area contributed by atoms with E-state index in [2.05, 4.69) is 9.97 Å². The molecule has 0 saturated carbocycles. The van der Waals surface area contributed by atoms with Crippen molar-refractivity contribution < 1.29 is 14.0 Å². The summed E-state index contributed by atoms with van der Waals surface area (Å²) in [6, 6.07) is 20.8. The summed E-state index contributed by atoms with van der Waals surface area (Å²) in [4.78, 5) is 35.3. The topological polar surface area (TPSA) is 73.1 Å². The van der Waals surface area contributed by atoms with Gasteiger partial charge in [-0.1, -0.05) is 53.8 Å². The van der Waals surface area contributed by atoms with Gasteiger partial charge in [-0.15, -0.1) is 0 Å². The third kappa shape index (κ3) is 2.54. The number of rotatable bonds is 2. The van der Waals surface area contributed by atoms with Crippen LogP contribution in [0.15, 0.2) is 76.7 Å². The molecule has 0 atom stereocenters. The van der Waals surface area contributed by atoms with Crippen LogP contribution in [-0.2, 0) is 0 Å². The predicted molar refractivity (Wildman–Crippen MR) is 116 cm³/mol. The summed E-state index contributed by atoms with van der Waals surface area (Å²) in [5, 5.41) is 2.39. The molecule has 5 aromatic rings. The normalized spacial score (nSPS) is 13.4. The number of fused-ring (bicyclic) bond motifs is 3. The molecule has 2 heterocycles. The van der Waals surface area contributed by atoms with Crippen LogP contribution in [0.1, 0.15) is 25.7 Å². The summed E-state index contributed by atoms with van der Waals surface area (Å²) in [5.74, 6) is -0.0494. The smallest absolute Gasteiger partial charge is 0.259 e. The van der Waals surface area contributed by atoms with Crippen molar-refractivity contribution in [2.24, 2.45) is 0 Å². The lowest BCUT2D eigenvalue weighted by Crippen LogP contribution is -2.00. The Labute approximate surface area is 174 Å². The minimum Gasteiger partial charge on any atom is -0.417 e. The molecule has 0 saturated heterocycles. The van der Waals surface area contributed by atoms with Crippen molar-refractivity contribution in [3.63, 3.8) is 0 Å². The van der Waals surface area contributed by atoms with Crippen molar-refractivity contribution >= 4 is 50.3 Å². The van der Waals surface area contributed by atoms with Crippen LogP contribution in [0.5, 0.6) is 0 Å². The van der Waals surface area contributed by atoms with Crippen LogP contribution in [0.4, 0.5) is 0 Å². The number of carbonyl (C=O) groups is 2. The highest BCUT2D eigenvalue weighted by Gasteiger charge is 2.33. The van der Waals surface area contributed by atoms with Gasteiger partial charge in [0.05, 0.1) is 5.57 Å². The minimum atomic E-state index is -0.273. The minimum absolute atomic E-state index is 0.125. The van der Waals surface area contributed by atoms with Crippen LogP contribution in [0, 0.1) is 0 Å². The van der Waals surface area contributed by atoms with Gasteiger partial charge in [0, 0.05) is 16.7 Å². The second kappa shape index (κ2) is 6.30. The van der Waals surface area contributed by atoms with Crippen LogP contribution in [0.25, 0.3) is 38.8 Å². The van der Waals surface area contributed by atoms with Crippen molar-refractivity contribution in [3.8, 4) is 11.5 Å². The molecule has 0 unspecified atom stereocenters. The number of thiazole rings is 1. The molecule has 1 aliphatic carbocycles. The summed E-state index contributed by atoms with van der Waals surface area (Å²) in [6.07, 6.45) is 1.54. The van der Waals surface area contributed by atoms with E-state index in [1.807, 2.05) is 54.6 Å². The van der Waals surface area contributed by atoms with Crippen LogP contribution in [0.2, 0.25) is 0 Å². The van der Waals surface area contributed by atoms with Gasteiger partial charge in [0.25, 0.3) is 5.71 Å². The standard InChI is InChI=1S/C24H12N2O3S/c27-20-16-10-14-8-4-5-9-15(14)11-17(16)21(28)18(20)12-19-25-23-24(30-19)26-22(29-23)13-6-2-1-3-7-13/h1-12H. The average molecular weight is 408 g/mol. The fourth-order valence-electron chi connectivity index (χ4n) is 3.69. The molecule has 142 valence electrons. The van der Waals surface area contributed by atoms with Gasteiger partial charge in [-0.05, 0) is 41.1 Å². The Morgan fingerprint density at radius 3 is 2.07 bits per heavy atom. The number of hydrogen-bond donors (Lipinski definition) is 0. The first kappa shape index (κ1) is 17.0. The first-order chi connectivity index (χ1) is 14.7. The first-order valence-corrected chi connectivity index (χ1v) is 10.2. The number of carbonyl (C=O) groups excluding carboxylic acids is 2. The van der Waals surface area contributed by atoms with E-state index in [0.717, 1.165) is 16.3 Å². The third-order valence-electron chi connectivity index (χ3n) is 5.15. The van der Waals surface area contributed by atoms with Crippen LogP contribution in [-0.4, -0.2) is 21.5 Å². The SMILES string of the molecule is O=C1C(=Cc2nc3oc(-c4ccccc4)nc3s2)C(=O)c2cc3ccccc3cc21. The largest absolute Gasteiger partial charge is 0.417 e. The Morgan fingerprint density at radius 2 is 1.43 bits per heavy atom. The van der Waals surface area contributed by atoms with Crippen molar-refractivity contribution in [2.45, 2.75) is 0 Å². The summed E-state index contributed by atoms with van der Waals surface area (Å²) >= 11 is 1.29. The molecule has 6 heteroatoms. The maximum absolute atomic E-state index is 12.9. The molecule has 0 spiro atoms. The molecule has 0 bridgehead atoms.